The number of rotatable bonds is 2. The van der Waals surface area contributed by atoms with E-state index in [0.717, 1.165) is 26.3 Å². The molecule has 2 aliphatic heterocycles. The van der Waals surface area contributed by atoms with Crippen LogP contribution in [0.4, 0.5) is 0 Å². The lowest BCUT2D eigenvalue weighted by Crippen LogP contribution is -2.55. The average Bonchev–Trinajstić information content (AvgIpc) is 2.49. The summed E-state index contributed by atoms with van der Waals surface area (Å²) in [5, 5.41) is 3.63. The molecule has 2 aliphatic rings. The van der Waals surface area contributed by atoms with Gasteiger partial charge in [0.05, 0.1) is 0 Å². The third kappa shape index (κ3) is 2.99. The van der Waals surface area contributed by atoms with E-state index < -0.39 is 0 Å². The van der Waals surface area contributed by atoms with E-state index in [-0.39, 0.29) is 0 Å². The van der Waals surface area contributed by atoms with Crippen molar-refractivity contribution in [1.82, 2.24) is 10.2 Å². The van der Waals surface area contributed by atoms with Crippen LogP contribution in [-0.4, -0.2) is 43.3 Å². The van der Waals surface area contributed by atoms with E-state index >= 15 is 0 Å². The van der Waals surface area contributed by atoms with Crippen molar-refractivity contribution in [3.8, 4) is 0 Å². The second-order valence-corrected chi connectivity index (χ2v) is 5.78. The lowest BCUT2D eigenvalue weighted by molar-refractivity contribution is 0.00123. The van der Waals surface area contributed by atoms with Crippen molar-refractivity contribution < 1.29 is 4.74 Å². The summed E-state index contributed by atoms with van der Waals surface area (Å²) in [6, 6.07) is 12.7. The number of nitrogens with zero attached hydrogens (tertiary/aromatic N) is 1. The van der Waals surface area contributed by atoms with Gasteiger partial charge in [-0.05, 0) is 25.3 Å². The predicted molar refractivity (Wildman–Crippen MR) is 77.2 cm³/mol. The molecule has 2 unspecified atom stereocenters. The largest absolute Gasteiger partial charge is 0.381 e. The summed E-state index contributed by atoms with van der Waals surface area (Å²) >= 11 is 0. The number of piperazine rings is 1. The SMILES string of the molecule is CC1CN(C2CCOCC2)C(c2ccccc2)CN1. The van der Waals surface area contributed by atoms with Crippen molar-refractivity contribution in [2.75, 3.05) is 26.3 Å². The minimum atomic E-state index is 0.514. The lowest BCUT2D eigenvalue weighted by atomic mass is 9.96. The zero-order valence-corrected chi connectivity index (χ0v) is 11.7. The molecular formula is C16H24N2O. The normalized spacial score (nSPS) is 30.4. The highest BCUT2D eigenvalue weighted by Crippen LogP contribution is 2.29. The number of ether oxygens (including phenoxy) is 1. The van der Waals surface area contributed by atoms with Crippen LogP contribution in [0.25, 0.3) is 0 Å². The summed E-state index contributed by atoms with van der Waals surface area (Å²) in [7, 11) is 0. The number of hydrogen-bond acceptors (Lipinski definition) is 3. The molecule has 1 aromatic carbocycles. The maximum absolute atomic E-state index is 5.52. The summed E-state index contributed by atoms with van der Waals surface area (Å²) in [6.45, 7) is 6.33. The zero-order chi connectivity index (χ0) is 13.1. The maximum Gasteiger partial charge on any atom is 0.0480 e. The van der Waals surface area contributed by atoms with Gasteiger partial charge in [0.2, 0.25) is 0 Å². The molecule has 1 N–H and O–H groups in total. The Morgan fingerprint density at radius 3 is 2.63 bits per heavy atom. The molecule has 2 fully saturated rings. The van der Waals surface area contributed by atoms with Gasteiger partial charge in [-0.2, -0.15) is 0 Å². The Hall–Kier alpha value is -0.900. The molecule has 3 nitrogen and oxygen atoms in total. The highest BCUT2D eigenvalue weighted by molar-refractivity contribution is 5.20. The number of nitrogens with one attached hydrogen (secondary N) is 1. The van der Waals surface area contributed by atoms with Gasteiger partial charge in [-0.3, -0.25) is 4.90 Å². The molecule has 0 amide bonds. The van der Waals surface area contributed by atoms with E-state index in [9.17, 15) is 0 Å². The molecule has 0 aromatic heterocycles. The van der Waals surface area contributed by atoms with Crippen LogP contribution in [0, 0.1) is 0 Å². The summed E-state index contributed by atoms with van der Waals surface area (Å²) in [5.41, 5.74) is 1.44. The summed E-state index contributed by atoms with van der Waals surface area (Å²) < 4.78 is 5.52. The quantitative estimate of drug-likeness (QED) is 0.882. The molecule has 0 bridgehead atoms. The summed E-state index contributed by atoms with van der Waals surface area (Å²) in [5.74, 6) is 0. The Bertz CT molecular complexity index is 389. The van der Waals surface area contributed by atoms with Gasteiger partial charge in [-0.15, -0.1) is 0 Å². The Morgan fingerprint density at radius 2 is 1.89 bits per heavy atom. The molecule has 0 radical (unpaired) electrons. The standard InChI is InChI=1S/C16H24N2O/c1-13-12-18(15-7-9-19-10-8-15)16(11-17-13)14-5-3-2-4-6-14/h2-6,13,15-17H,7-12H2,1H3. The van der Waals surface area contributed by atoms with Crippen LogP contribution in [0.1, 0.15) is 31.4 Å². The second-order valence-electron chi connectivity index (χ2n) is 5.78. The summed E-state index contributed by atoms with van der Waals surface area (Å²) in [6.07, 6.45) is 2.35. The third-order valence-corrected chi connectivity index (χ3v) is 4.39. The van der Waals surface area contributed by atoms with Gasteiger partial charge in [-0.25, -0.2) is 0 Å². The Morgan fingerprint density at radius 1 is 1.16 bits per heavy atom. The molecule has 2 atom stereocenters. The predicted octanol–water partition coefficient (Wildman–Crippen LogP) is 2.20. The van der Waals surface area contributed by atoms with Crippen LogP contribution >= 0.6 is 0 Å². The van der Waals surface area contributed by atoms with Crippen LogP contribution in [-0.2, 0) is 4.74 Å². The van der Waals surface area contributed by atoms with Gasteiger partial charge >= 0.3 is 0 Å². The molecular weight excluding hydrogens is 236 g/mol. The van der Waals surface area contributed by atoms with Crippen molar-refractivity contribution in [1.29, 1.82) is 0 Å². The van der Waals surface area contributed by atoms with Crippen LogP contribution in [0.15, 0.2) is 30.3 Å². The zero-order valence-electron chi connectivity index (χ0n) is 11.7. The van der Waals surface area contributed by atoms with Gasteiger partial charge in [0.1, 0.15) is 0 Å². The molecule has 1 aromatic rings. The van der Waals surface area contributed by atoms with Crippen LogP contribution in [0.3, 0.4) is 0 Å². The Balaban J connectivity index is 1.79. The minimum absolute atomic E-state index is 0.514. The molecule has 104 valence electrons. The first-order chi connectivity index (χ1) is 9.34. The molecule has 3 heteroatoms. The van der Waals surface area contributed by atoms with Gasteiger partial charge in [0.25, 0.3) is 0 Å². The smallest absolute Gasteiger partial charge is 0.0480 e. The van der Waals surface area contributed by atoms with E-state index in [4.69, 9.17) is 4.74 Å². The van der Waals surface area contributed by atoms with Crippen molar-refractivity contribution in [3.05, 3.63) is 35.9 Å². The van der Waals surface area contributed by atoms with Crippen molar-refractivity contribution in [2.45, 2.75) is 37.9 Å². The fourth-order valence-corrected chi connectivity index (χ4v) is 3.34. The number of hydrogen-bond donors (Lipinski definition) is 1. The monoisotopic (exact) mass is 260 g/mol. The molecule has 19 heavy (non-hydrogen) atoms. The minimum Gasteiger partial charge on any atom is -0.381 e. The van der Waals surface area contributed by atoms with E-state index in [1.807, 2.05) is 0 Å². The Labute approximate surface area is 115 Å². The first-order valence-electron chi connectivity index (χ1n) is 7.46. The van der Waals surface area contributed by atoms with Crippen molar-refractivity contribution in [2.24, 2.45) is 0 Å². The fourth-order valence-electron chi connectivity index (χ4n) is 3.34. The highest BCUT2D eigenvalue weighted by Gasteiger charge is 2.32. The molecule has 2 saturated heterocycles. The maximum atomic E-state index is 5.52. The van der Waals surface area contributed by atoms with Crippen LogP contribution in [0.5, 0.6) is 0 Å². The highest BCUT2D eigenvalue weighted by atomic mass is 16.5. The van der Waals surface area contributed by atoms with E-state index in [2.05, 4.69) is 47.5 Å². The Kier molecular flexibility index (Phi) is 4.16. The van der Waals surface area contributed by atoms with Crippen LogP contribution < -0.4 is 5.32 Å². The number of benzene rings is 1. The second kappa shape index (κ2) is 6.04. The van der Waals surface area contributed by atoms with Gasteiger partial charge in [-0.1, -0.05) is 30.3 Å². The molecule has 2 heterocycles. The molecule has 0 saturated carbocycles. The van der Waals surface area contributed by atoms with Gasteiger partial charge < -0.3 is 10.1 Å². The van der Waals surface area contributed by atoms with Crippen molar-refractivity contribution in [3.63, 3.8) is 0 Å². The van der Waals surface area contributed by atoms with Crippen molar-refractivity contribution >= 4 is 0 Å². The molecule has 0 aliphatic carbocycles. The van der Waals surface area contributed by atoms with Gasteiger partial charge in [0, 0.05) is 44.4 Å². The topological polar surface area (TPSA) is 24.5 Å². The first kappa shape index (κ1) is 13.1. The van der Waals surface area contributed by atoms with E-state index in [1.165, 1.54) is 18.4 Å². The van der Waals surface area contributed by atoms with E-state index in [1.54, 1.807) is 0 Å². The molecule has 0 spiro atoms. The summed E-state index contributed by atoms with van der Waals surface area (Å²) in [4.78, 5) is 2.71. The average molecular weight is 260 g/mol. The van der Waals surface area contributed by atoms with E-state index in [0.29, 0.717) is 18.1 Å². The lowest BCUT2D eigenvalue weighted by Gasteiger charge is -2.45. The van der Waals surface area contributed by atoms with Gasteiger partial charge in [0.15, 0.2) is 0 Å². The third-order valence-electron chi connectivity index (χ3n) is 4.39. The first-order valence-corrected chi connectivity index (χ1v) is 7.46. The molecule has 3 rings (SSSR count). The van der Waals surface area contributed by atoms with Crippen LogP contribution in [0.2, 0.25) is 0 Å². The fraction of sp³-hybridized carbons (Fsp3) is 0.625.